The first-order valence-corrected chi connectivity index (χ1v) is 8.24. The molecule has 2 aromatic rings. The van der Waals surface area contributed by atoms with Gasteiger partial charge in [0.05, 0.1) is 4.90 Å². The van der Waals surface area contributed by atoms with Gasteiger partial charge in [0.15, 0.2) is 0 Å². The molecule has 22 heavy (non-hydrogen) atoms. The third-order valence-electron chi connectivity index (χ3n) is 3.46. The summed E-state index contributed by atoms with van der Waals surface area (Å²) in [7, 11) is -3.89. The number of rotatable bonds is 5. The van der Waals surface area contributed by atoms with Crippen LogP contribution < -0.4 is 4.72 Å². The molecular weight excluding hydrogens is 305 g/mol. The maximum Gasteiger partial charge on any atom is 0.240 e. The molecule has 118 valence electrons. The molecule has 0 aromatic heterocycles. The van der Waals surface area contributed by atoms with Gasteiger partial charge < -0.3 is 5.11 Å². The molecule has 6 heteroatoms. The fraction of sp³-hybridized carbons (Fsp3) is 0.250. The number of nitrogens with one attached hydrogen (secondary N) is 1. The number of aryl methyl sites for hydroxylation is 1. The molecule has 0 radical (unpaired) electrons. The Kier molecular flexibility index (Phi) is 4.65. The van der Waals surface area contributed by atoms with E-state index in [2.05, 4.69) is 4.72 Å². The minimum absolute atomic E-state index is 0.167. The van der Waals surface area contributed by atoms with E-state index in [1.807, 2.05) is 0 Å². The van der Waals surface area contributed by atoms with Crippen molar-refractivity contribution >= 4 is 10.0 Å². The highest BCUT2D eigenvalue weighted by molar-refractivity contribution is 7.89. The lowest BCUT2D eigenvalue weighted by Crippen LogP contribution is -2.38. The molecule has 0 amide bonds. The fourth-order valence-electron chi connectivity index (χ4n) is 1.96. The van der Waals surface area contributed by atoms with Crippen molar-refractivity contribution < 1.29 is 17.9 Å². The Morgan fingerprint density at radius 1 is 1.18 bits per heavy atom. The SMILES string of the molecule is Cc1ccc(S(=O)(=O)NCC(C)(O)c2ccccc2)cc1F. The molecule has 4 nitrogen and oxygen atoms in total. The Morgan fingerprint density at radius 3 is 2.41 bits per heavy atom. The molecule has 0 fully saturated rings. The Morgan fingerprint density at radius 2 is 1.82 bits per heavy atom. The predicted molar refractivity (Wildman–Crippen MR) is 82.3 cm³/mol. The average molecular weight is 323 g/mol. The number of aliphatic hydroxyl groups is 1. The number of hydrogen-bond acceptors (Lipinski definition) is 3. The molecular formula is C16H18FNO3S. The van der Waals surface area contributed by atoms with Crippen molar-refractivity contribution in [1.29, 1.82) is 0 Å². The molecule has 0 saturated carbocycles. The van der Waals surface area contributed by atoms with Crippen LogP contribution in [0.1, 0.15) is 18.1 Å². The minimum Gasteiger partial charge on any atom is -0.384 e. The van der Waals surface area contributed by atoms with Gasteiger partial charge in [-0.2, -0.15) is 0 Å². The molecule has 0 saturated heterocycles. The van der Waals surface area contributed by atoms with Crippen LogP contribution in [0.4, 0.5) is 4.39 Å². The number of hydrogen-bond donors (Lipinski definition) is 2. The van der Waals surface area contributed by atoms with E-state index >= 15 is 0 Å². The molecule has 2 N–H and O–H groups in total. The first kappa shape index (κ1) is 16.6. The van der Waals surface area contributed by atoms with E-state index in [4.69, 9.17) is 0 Å². The largest absolute Gasteiger partial charge is 0.384 e. The zero-order valence-electron chi connectivity index (χ0n) is 12.4. The third kappa shape index (κ3) is 3.71. The van der Waals surface area contributed by atoms with E-state index < -0.39 is 21.4 Å². The summed E-state index contributed by atoms with van der Waals surface area (Å²) < 4.78 is 40.2. The standard InChI is InChI=1S/C16H18FNO3S/c1-12-8-9-14(10-15(12)17)22(20,21)18-11-16(2,19)13-6-4-3-5-7-13/h3-10,18-19H,11H2,1-2H3. The first-order valence-electron chi connectivity index (χ1n) is 6.76. The van der Waals surface area contributed by atoms with Gasteiger partial charge in [-0.1, -0.05) is 36.4 Å². The van der Waals surface area contributed by atoms with Crippen LogP contribution in [0.2, 0.25) is 0 Å². The van der Waals surface area contributed by atoms with Gasteiger partial charge in [-0.25, -0.2) is 17.5 Å². The van der Waals surface area contributed by atoms with Crippen LogP contribution in [0.15, 0.2) is 53.4 Å². The summed E-state index contributed by atoms with van der Waals surface area (Å²) in [6.07, 6.45) is 0. The smallest absolute Gasteiger partial charge is 0.240 e. The van der Waals surface area contributed by atoms with Crippen molar-refractivity contribution in [2.24, 2.45) is 0 Å². The summed E-state index contributed by atoms with van der Waals surface area (Å²) >= 11 is 0. The Labute approximate surface area is 129 Å². The van der Waals surface area contributed by atoms with Crippen LogP contribution in [0, 0.1) is 12.7 Å². The average Bonchev–Trinajstić information content (AvgIpc) is 2.49. The highest BCUT2D eigenvalue weighted by Gasteiger charge is 2.26. The van der Waals surface area contributed by atoms with Crippen LogP contribution in [0.5, 0.6) is 0 Å². The van der Waals surface area contributed by atoms with Crippen LogP contribution in [0.25, 0.3) is 0 Å². The molecule has 0 aliphatic carbocycles. The number of sulfonamides is 1. The maximum absolute atomic E-state index is 13.5. The summed E-state index contributed by atoms with van der Waals surface area (Å²) in [5.41, 5.74) is -0.402. The molecule has 0 spiro atoms. The quantitative estimate of drug-likeness (QED) is 0.887. The second-order valence-electron chi connectivity index (χ2n) is 5.38. The fourth-order valence-corrected chi connectivity index (χ4v) is 3.10. The molecule has 0 aliphatic rings. The van der Waals surface area contributed by atoms with Crippen LogP contribution in [0.3, 0.4) is 0 Å². The molecule has 1 atom stereocenters. The van der Waals surface area contributed by atoms with E-state index in [-0.39, 0.29) is 11.4 Å². The summed E-state index contributed by atoms with van der Waals surface area (Å²) in [5.74, 6) is -0.585. The van der Waals surface area contributed by atoms with Gasteiger partial charge in [0.2, 0.25) is 10.0 Å². The van der Waals surface area contributed by atoms with Crippen molar-refractivity contribution in [3.8, 4) is 0 Å². The molecule has 0 aliphatic heterocycles. The lowest BCUT2D eigenvalue weighted by Gasteiger charge is -2.24. The van der Waals surface area contributed by atoms with Crippen LogP contribution in [-0.4, -0.2) is 20.1 Å². The normalized spacial score (nSPS) is 14.5. The Hall–Kier alpha value is -1.76. The molecule has 2 rings (SSSR count). The minimum atomic E-state index is -3.89. The van der Waals surface area contributed by atoms with Crippen molar-refractivity contribution in [1.82, 2.24) is 4.72 Å². The second kappa shape index (κ2) is 6.16. The lowest BCUT2D eigenvalue weighted by molar-refractivity contribution is 0.0627. The first-order chi connectivity index (χ1) is 10.2. The van der Waals surface area contributed by atoms with E-state index in [0.29, 0.717) is 11.1 Å². The van der Waals surface area contributed by atoms with Gasteiger partial charge in [-0.15, -0.1) is 0 Å². The van der Waals surface area contributed by atoms with Crippen LogP contribution in [-0.2, 0) is 15.6 Å². The van der Waals surface area contributed by atoms with E-state index in [9.17, 15) is 17.9 Å². The van der Waals surface area contributed by atoms with Crippen LogP contribution >= 0.6 is 0 Å². The van der Waals surface area contributed by atoms with Gasteiger partial charge in [-0.05, 0) is 37.1 Å². The Bertz CT molecular complexity index is 758. The van der Waals surface area contributed by atoms with Gasteiger partial charge in [0, 0.05) is 6.54 Å². The lowest BCUT2D eigenvalue weighted by atomic mass is 9.97. The zero-order valence-corrected chi connectivity index (χ0v) is 13.2. The highest BCUT2D eigenvalue weighted by Crippen LogP contribution is 2.20. The predicted octanol–water partition coefficient (Wildman–Crippen LogP) is 2.32. The topological polar surface area (TPSA) is 66.4 Å². The second-order valence-corrected chi connectivity index (χ2v) is 7.14. The molecule has 2 aromatic carbocycles. The Balaban J connectivity index is 2.17. The van der Waals surface area contributed by atoms with E-state index in [0.717, 1.165) is 6.07 Å². The monoisotopic (exact) mass is 323 g/mol. The van der Waals surface area contributed by atoms with Gasteiger partial charge >= 0.3 is 0 Å². The van der Waals surface area contributed by atoms with Crippen molar-refractivity contribution in [2.75, 3.05) is 6.54 Å². The third-order valence-corrected chi connectivity index (χ3v) is 4.85. The zero-order chi connectivity index (χ0) is 16.4. The molecule has 0 heterocycles. The number of halogens is 1. The van der Waals surface area contributed by atoms with Gasteiger partial charge in [0.1, 0.15) is 11.4 Å². The van der Waals surface area contributed by atoms with Crippen molar-refractivity contribution in [3.05, 3.63) is 65.5 Å². The number of benzene rings is 2. The van der Waals surface area contributed by atoms with Gasteiger partial charge in [0.25, 0.3) is 0 Å². The highest BCUT2D eigenvalue weighted by atomic mass is 32.2. The van der Waals surface area contributed by atoms with Crippen molar-refractivity contribution in [2.45, 2.75) is 24.3 Å². The molecule has 0 bridgehead atoms. The maximum atomic E-state index is 13.5. The van der Waals surface area contributed by atoms with E-state index in [1.165, 1.54) is 19.1 Å². The summed E-state index contributed by atoms with van der Waals surface area (Å²) in [5, 5.41) is 10.4. The summed E-state index contributed by atoms with van der Waals surface area (Å²) in [6.45, 7) is 2.86. The van der Waals surface area contributed by atoms with E-state index in [1.54, 1.807) is 37.3 Å². The molecule has 1 unspecified atom stereocenters. The van der Waals surface area contributed by atoms with Crippen molar-refractivity contribution in [3.63, 3.8) is 0 Å². The summed E-state index contributed by atoms with van der Waals surface area (Å²) in [6, 6.07) is 12.4. The van der Waals surface area contributed by atoms with Gasteiger partial charge in [-0.3, -0.25) is 0 Å². The summed E-state index contributed by atoms with van der Waals surface area (Å²) in [4.78, 5) is -0.167.